The molecule has 1 aromatic heterocycles. The van der Waals surface area contributed by atoms with E-state index in [1.807, 2.05) is 43.3 Å². The number of nitrogens with one attached hydrogen (secondary N) is 2. The maximum Gasteiger partial charge on any atom is 0.319 e. The third kappa shape index (κ3) is 4.05. The van der Waals surface area contributed by atoms with Gasteiger partial charge in [-0.1, -0.05) is 22.0 Å². The molecule has 1 aromatic carbocycles. The number of hydrogen-bond donors (Lipinski definition) is 2. The molecule has 0 radical (unpaired) electrons. The number of rotatable bonds is 3. The normalized spacial score (nSPS) is 11.8. The number of amides is 2. The van der Waals surface area contributed by atoms with E-state index in [1.165, 1.54) is 0 Å². The molecule has 1 atom stereocenters. The van der Waals surface area contributed by atoms with Gasteiger partial charge in [0.05, 0.1) is 17.4 Å². The van der Waals surface area contributed by atoms with Crippen LogP contribution < -0.4 is 10.6 Å². The van der Waals surface area contributed by atoms with Gasteiger partial charge in [-0.25, -0.2) is 4.79 Å². The van der Waals surface area contributed by atoms with Gasteiger partial charge in [0, 0.05) is 15.1 Å². The van der Waals surface area contributed by atoms with Crippen LogP contribution in [0.2, 0.25) is 0 Å². The molecule has 20 heavy (non-hydrogen) atoms. The lowest BCUT2D eigenvalue weighted by atomic mass is 10.2. The van der Waals surface area contributed by atoms with Crippen LogP contribution in [0.1, 0.15) is 18.7 Å². The van der Waals surface area contributed by atoms with Crippen LogP contribution in [0.25, 0.3) is 0 Å². The SMILES string of the molecule is CC(NC(=O)Nc1ccc(Br)cc1Br)c1ccccn1. The van der Waals surface area contributed by atoms with Gasteiger partial charge in [-0.2, -0.15) is 0 Å². The molecule has 0 saturated carbocycles. The molecule has 0 fully saturated rings. The van der Waals surface area contributed by atoms with Gasteiger partial charge < -0.3 is 10.6 Å². The molecule has 6 heteroatoms. The smallest absolute Gasteiger partial charge is 0.319 e. The number of benzene rings is 1. The summed E-state index contributed by atoms with van der Waals surface area (Å²) in [5.74, 6) is 0. The fourth-order valence-corrected chi connectivity index (χ4v) is 2.80. The van der Waals surface area contributed by atoms with Crippen molar-refractivity contribution in [1.29, 1.82) is 0 Å². The van der Waals surface area contributed by atoms with Gasteiger partial charge in [0.1, 0.15) is 0 Å². The van der Waals surface area contributed by atoms with Crippen molar-refractivity contribution in [3.8, 4) is 0 Å². The summed E-state index contributed by atoms with van der Waals surface area (Å²) in [6.07, 6.45) is 1.71. The number of anilines is 1. The Bertz CT molecular complexity index is 605. The molecule has 0 bridgehead atoms. The highest BCUT2D eigenvalue weighted by Crippen LogP contribution is 2.26. The lowest BCUT2D eigenvalue weighted by Gasteiger charge is -2.14. The van der Waals surface area contributed by atoms with Gasteiger partial charge in [-0.05, 0) is 53.2 Å². The highest BCUT2D eigenvalue weighted by atomic mass is 79.9. The fraction of sp³-hybridized carbons (Fsp3) is 0.143. The zero-order valence-corrected chi connectivity index (χ0v) is 13.9. The number of nitrogens with zero attached hydrogens (tertiary/aromatic N) is 1. The third-order valence-corrected chi connectivity index (χ3v) is 3.81. The zero-order chi connectivity index (χ0) is 14.5. The Balaban J connectivity index is 1.99. The number of carbonyl (C=O) groups excluding carboxylic acids is 1. The van der Waals surface area contributed by atoms with Crippen LogP contribution in [-0.4, -0.2) is 11.0 Å². The van der Waals surface area contributed by atoms with E-state index in [9.17, 15) is 4.79 Å². The average Bonchev–Trinajstić information content (AvgIpc) is 2.43. The number of halogens is 2. The van der Waals surface area contributed by atoms with E-state index in [0.717, 1.165) is 14.6 Å². The van der Waals surface area contributed by atoms with Crippen LogP contribution in [0.15, 0.2) is 51.5 Å². The van der Waals surface area contributed by atoms with Crippen LogP contribution in [0.4, 0.5) is 10.5 Å². The average molecular weight is 399 g/mol. The predicted molar refractivity (Wildman–Crippen MR) is 86.6 cm³/mol. The predicted octanol–water partition coefficient (Wildman–Crippen LogP) is 4.49. The van der Waals surface area contributed by atoms with Crippen molar-refractivity contribution in [2.75, 3.05) is 5.32 Å². The Morgan fingerprint density at radius 1 is 1.25 bits per heavy atom. The van der Waals surface area contributed by atoms with Crippen LogP contribution >= 0.6 is 31.9 Å². The molecule has 1 heterocycles. The van der Waals surface area contributed by atoms with Gasteiger partial charge in [0.25, 0.3) is 0 Å². The first-order valence-corrected chi connectivity index (χ1v) is 7.58. The van der Waals surface area contributed by atoms with Gasteiger partial charge in [0.15, 0.2) is 0 Å². The Kier molecular flexibility index (Phi) is 5.14. The number of urea groups is 1. The van der Waals surface area contributed by atoms with Crippen LogP contribution in [-0.2, 0) is 0 Å². The molecule has 0 aliphatic heterocycles. The number of hydrogen-bond acceptors (Lipinski definition) is 2. The molecule has 104 valence electrons. The van der Waals surface area contributed by atoms with Crippen LogP contribution in [0, 0.1) is 0 Å². The minimum atomic E-state index is -0.272. The summed E-state index contributed by atoms with van der Waals surface area (Å²) < 4.78 is 1.75. The minimum absolute atomic E-state index is 0.162. The maximum absolute atomic E-state index is 12.0. The number of pyridine rings is 1. The second-order valence-electron chi connectivity index (χ2n) is 4.20. The van der Waals surface area contributed by atoms with Crippen LogP contribution in [0.5, 0.6) is 0 Å². The van der Waals surface area contributed by atoms with Crippen molar-refractivity contribution in [1.82, 2.24) is 10.3 Å². The first-order chi connectivity index (χ1) is 9.56. The van der Waals surface area contributed by atoms with Crippen molar-refractivity contribution in [3.05, 3.63) is 57.2 Å². The monoisotopic (exact) mass is 397 g/mol. The van der Waals surface area contributed by atoms with E-state index < -0.39 is 0 Å². The molecule has 1 unspecified atom stereocenters. The molecule has 2 N–H and O–H groups in total. The van der Waals surface area contributed by atoms with E-state index in [0.29, 0.717) is 5.69 Å². The molecule has 0 aliphatic rings. The van der Waals surface area contributed by atoms with Gasteiger partial charge in [-0.15, -0.1) is 0 Å². The van der Waals surface area contributed by atoms with Gasteiger partial charge in [-0.3, -0.25) is 4.98 Å². The second-order valence-corrected chi connectivity index (χ2v) is 5.97. The molecule has 4 nitrogen and oxygen atoms in total. The Hall–Kier alpha value is -1.40. The van der Waals surface area contributed by atoms with E-state index in [-0.39, 0.29) is 12.1 Å². The highest BCUT2D eigenvalue weighted by Gasteiger charge is 2.11. The summed E-state index contributed by atoms with van der Waals surface area (Å²) in [6.45, 7) is 1.89. The van der Waals surface area contributed by atoms with Gasteiger partial charge in [0.2, 0.25) is 0 Å². The van der Waals surface area contributed by atoms with E-state index in [4.69, 9.17) is 0 Å². The third-order valence-electron chi connectivity index (χ3n) is 2.66. The minimum Gasteiger partial charge on any atom is -0.330 e. The van der Waals surface area contributed by atoms with Crippen molar-refractivity contribution in [2.45, 2.75) is 13.0 Å². The van der Waals surface area contributed by atoms with E-state index >= 15 is 0 Å². The summed E-state index contributed by atoms with van der Waals surface area (Å²) in [5, 5.41) is 5.63. The lowest BCUT2D eigenvalue weighted by molar-refractivity contribution is 0.249. The largest absolute Gasteiger partial charge is 0.330 e. The van der Waals surface area contributed by atoms with Crippen molar-refractivity contribution >= 4 is 43.6 Å². The summed E-state index contributed by atoms with van der Waals surface area (Å²) in [4.78, 5) is 16.2. The first kappa shape index (κ1) is 15.0. The molecular formula is C14H13Br2N3O. The standard InChI is InChI=1S/C14H13Br2N3O/c1-9(12-4-2-3-7-17-12)18-14(20)19-13-6-5-10(15)8-11(13)16/h2-9H,1H3,(H2,18,19,20). The molecule has 0 spiro atoms. The highest BCUT2D eigenvalue weighted by molar-refractivity contribution is 9.11. The Morgan fingerprint density at radius 2 is 2.05 bits per heavy atom. The summed E-state index contributed by atoms with van der Waals surface area (Å²) in [5.41, 5.74) is 1.52. The fourth-order valence-electron chi connectivity index (χ4n) is 1.65. The Labute approximate surface area is 134 Å². The quantitative estimate of drug-likeness (QED) is 0.800. The van der Waals surface area contributed by atoms with E-state index in [1.54, 1.807) is 6.20 Å². The second kappa shape index (κ2) is 6.85. The molecule has 0 aliphatic carbocycles. The number of carbonyl (C=O) groups is 1. The molecule has 2 aromatic rings. The molecular weight excluding hydrogens is 386 g/mol. The molecule has 2 rings (SSSR count). The first-order valence-electron chi connectivity index (χ1n) is 6.00. The van der Waals surface area contributed by atoms with Gasteiger partial charge >= 0.3 is 6.03 Å². The summed E-state index contributed by atoms with van der Waals surface area (Å²) in [7, 11) is 0. The lowest BCUT2D eigenvalue weighted by Crippen LogP contribution is -2.31. The van der Waals surface area contributed by atoms with E-state index in [2.05, 4.69) is 47.5 Å². The Morgan fingerprint density at radius 3 is 2.70 bits per heavy atom. The van der Waals surface area contributed by atoms with Crippen LogP contribution in [0.3, 0.4) is 0 Å². The topological polar surface area (TPSA) is 54.0 Å². The van der Waals surface area contributed by atoms with Crippen molar-refractivity contribution < 1.29 is 4.79 Å². The molecule has 0 saturated heterocycles. The number of aromatic nitrogens is 1. The summed E-state index contributed by atoms with van der Waals surface area (Å²) in [6, 6.07) is 10.7. The zero-order valence-electron chi connectivity index (χ0n) is 10.7. The van der Waals surface area contributed by atoms with Crippen molar-refractivity contribution in [2.24, 2.45) is 0 Å². The summed E-state index contributed by atoms with van der Waals surface area (Å²) >= 11 is 6.77. The van der Waals surface area contributed by atoms with Crippen molar-refractivity contribution in [3.63, 3.8) is 0 Å². The molecule has 2 amide bonds. The maximum atomic E-state index is 12.0.